The average molecular weight is 287 g/mol. The number of hydrogen-bond donors (Lipinski definition) is 0. The fraction of sp³-hybridized carbons (Fsp3) is 0.238. The van der Waals surface area contributed by atoms with Crippen LogP contribution in [0.15, 0.2) is 48.5 Å². The zero-order valence-corrected chi connectivity index (χ0v) is 13.6. The van der Waals surface area contributed by atoms with Crippen LogP contribution in [-0.4, -0.2) is 25.0 Å². The van der Waals surface area contributed by atoms with Gasteiger partial charge in [0.2, 0.25) is 0 Å². The molecule has 0 fully saturated rings. The van der Waals surface area contributed by atoms with E-state index in [2.05, 4.69) is 49.7 Å². The topological polar surface area (TPSA) is 3.24 Å². The minimum atomic E-state index is -0.0841. The van der Waals surface area contributed by atoms with Crippen LogP contribution in [0.2, 0.25) is 0 Å². The van der Waals surface area contributed by atoms with Crippen molar-refractivity contribution in [1.29, 1.82) is 0 Å². The van der Waals surface area contributed by atoms with E-state index in [1.54, 1.807) is 0 Å². The van der Waals surface area contributed by atoms with E-state index in [4.69, 9.17) is 0 Å². The van der Waals surface area contributed by atoms with Crippen LogP contribution >= 0.6 is 0 Å². The molecule has 2 aromatic rings. The summed E-state index contributed by atoms with van der Waals surface area (Å²) in [6.45, 7) is 4.15. The van der Waals surface area contributed by atoms with Crippen LogP contribution in [0.4, 0.5) is 0 Å². The highest BCUT2D eigenvalue weighted by Crippen LogP contribution is 2.06. The van der Waals surface area contributed by atoms with Gasteiger partial charge in [0.1, 0.15) is 6.04 Å². The van der Waals surface area contributed by atoms with E-state index in [9.17, 15) is 0 Å². The summed E-state index contributed by atoms with van der Waals surface area (Å²) in [5, 5.41) is 0. The van der Waals surface area contributed by atoms with Crippen LogP contribution < -0.4 is 0 Å². The summed E-state index contributed by atoms with van der Waals surface area (Å²) >= 11 is 0. The van der Waals surface area contributed by atoms with Crippen LogP contribution in [0.3, 0.4) is 0 Å². The molecule has 0 saturated carbocycles. The lowest BCUT2D eigenvalue weighted by atomic mass is 10.1. The van der Waals surface area contributed by atoms with Crippen molar-refractivity contribution in [2.45, 2.75) is 19.9 Å². The highest BCUT2D eigenvalue weighted by molar-refractivity contribution is 5.45. The molecule has 0 bridgehead atoms. The lowest BCUT2D eigenvalue weighted by molar-refractivity contribution is 0.409. The molecule has 110 valence electrons. The molecule has 1 nitrogen and oxygen atoms in total. The van der Waals surface area contributed by atoms with Crippen molar-refractivity contribution in [3.05, 3.63) is 70.8 Å². The minimum Gasteiger partial charge on any atom is -0.286 e. The Labute approximate surface area is 134 Å². The Morgan fingerprint density at radius 1 is 0.727 bits per heavy atom. The molecular weight excluding hydrogens is 266 g/mol. The monoisotopic (exact) mass is 287 g/mol. The van der Waals surface area contributed by atoms with E-state index in [0.717, 1.165) is 11.1 Å². The van der Waals surface area contributed by atoms with Gasteiger partial charge in [0, 0.05) is 11.1 Å². The molecule has 2 rings (SSSR count). The maximum absolute atomic E-state index is 3.27. The summed E-state index contributed by atoms with van der Waals surface area (Å²) in [6, 6.07) is 16.2. The summed E-state index contributed by atoms with van der Waals surface area (Å²) in [4.78, 5) is 2.04. The molecular formula is C21H21N. The maximum Gasteiger partial charge on any atom is 0.134 e. The van der Waals surface area contributed by atoms with E-state index in [0.29, 0.717) is 0 Å². The van der Waals surface area contributed by atoms with Crippen molar-refractivity contribution in [2.24, 2.45) is 0 Å². The number of benzene rings is 2. The molecule has 0 heterocycles. The van der Waals surface area contributed by atoms with Gasteiger partial charge in [-0.15, -0.1) is 0 Å². The Hall–Kier alpha value is -2.48. The first kappa shape index (κ1) is 15.9. The van der Waals surface area contributed by atoms with Gasteiger partial charge in [-0.3, -0.25) is 4.90 Å². The van der Waals surface area contributed by atoms with Gasteiger partial charge >= 0.3 is 0 Å². The van der Waals surface area contributed by atoms with Gasteiger partial charge in [-0.25, -0.2) is 0 Å². The van der Waals surface area contributed by atoms with Gasteiger partial charge < -0.3 is 0 Å². The van der Waals surface area contributed by atoms with Gasteiger partial charge in [-0.2, -0.15) is 0 Å². The molecule has 0 aliphatic rings. The normalized spacial score (nSPS) is 9.91. The molecule has 0 N–H and O–H groups in total. The van der Waals surface area contributed by atoms with Crippen LogP contribution in [0, 0.1) is 37.5 Å². The molecule has 2 aromatic carbocycles. The second kappa shape index (κ2) is 7.51. The Morgan fingerprint density at radius 2 is 1.14 bits per heavy atom. The fourth-order valence-electron chi connectivity index (χ4n) is 2.01. The lowest BCUT2D eigenvalue weighted by Gasteiger charge is -2.12. The Bertz CT molecular complexity index is 700. The van der Waals surface area contributed by atoms with Gasteiger partial charge in [0.05, 0.1) is 0 Å². The smallest absolute Gasteiger partial charge is 0.134 e. The van der Waals surface area contributed by atoms with Gasteiger partial charge in [0.25, 0.3) is 0 Å². The third-order valence-corrected chi connectivity index (χ3v) is 3.49. The van der Waals surface area contributed by atoms with Crippen LogP contribution in [0.25, 0.3) is 0 Å². The minimum absolute atomic E-state index is 0.0841. The lowest BCUT2D eigenvalue weighted by Crippen LogP contribution is -2.24. The molecule has 0 amide bonds. The van der Waals surface area contributed by atoms with Crippen molar-refractivity contribution in [3.63, 3.8) is 0 Å². The van der Waals surface area contributed by atoms with E-state index < -0.39 is 0 Å². The van der Waals surface area contributed by atoms with Gasteiger partial charge in [0.15, 0.2) is 0 Å². The van der Waals surface area contributed by atoms with Crippen LogP contribution in [0.5, 0.6) is 0 Å². The summed E-state index contributed by atoms with van der Waals surface area (Å²) in [6.07, 6.45) is 0. The summed E-state index contributed by atoms with van der Waals surface area (Å²) < 4.78 is 0. The third kappa shape index (κ3) is 4.26. The predicted octanol–water partition coefficient (Wildman–Crippen LogP) is 3.64. The van der Waals surface area contributed by atoms with Crippen molar-refractivity contribution < 1.29 is 0 Å². The molecule has 0 spiro atoms. The van der Waals surface area contributed by atoms with E-state index in [1.165, 1.54) is 11.1 Å². The van der Waals surface area contributed by atoms with Gasteiger partial charge in [-0.05, 0) is 51.2 Å². The van der Waals surface area contributed by atoms with E-state index in [-0.39, 0.29) is 6.04 Å². The van der Waals surface area contributed by atoms with E-state index >= 15 is 0 Å². The Kier molecular flexibility index (Phi) is 5.42. The van der Waals surface area contributed by atoms with Gasteiger partial charge in [-0.1, -0.05) is 60.1 Å². The third-order valence-electron chi connectivity index (χ3n) is 3.49. The molecule has 22 heavy (non-hydrogen) atoms. The molecule has 0 aliphatic heterocycles. The number of aryl methyl sites for hydroxylation is 2. The number of nitrogens with zero attached hydrogens (tertiary/aromatic N) is 1. The highest BCUT2D eigenvalue weighted by atomic mass is 15.1. The average Bonchev–Trinajstić information content (AvgIpc) is 2.50. The van der Waals surface area contributed by atoms with Crippen molar-refractivity contribution in [1.82, 2.24) is 4.90 Å². The number of rotatable bonds is 1. The molecule has 0 saturated heterocycles. The quantitative estimate of drug-likeness (QED) is 0.724. The molecule has 0 aromatic heterocycles. The van der Waals surface area contributed by atoms with Crippen molar-refractivity contribution in [2.75, 3.05) is 14.1 Å². The van der Waals surface area contributed by atoms with E-state index in [1.807, 2.05) is 55.4 Å². The second-order valence-corrected chi connectivity index (χ2v) is 5.53. The highest BCUT2D eigenvalue weighted by Gasteiger charge is 2.03. The molecule has 0 radical (unpaired) electrons. The molecule has 1 heteroatoms. The number of hydrogen-bond acceptors (Lipinski definition) is 1. The van der Waals surface area contributed by atoms with Crippen LogP contribution in [-0.2, 0) is 0 Å². The summed E-state index contributed by atoms with van der Waals surface area (Å²) in [7, 11) is 4.01. The predicted molar refractivity (Wildman–Crippen MR) is 93.6 cm³/mol. The van der Waals surface area contributed by atoms with Crippen molar-refractivity contribution >= 4 is 0 Å². The van der Waals surface area contributed by atoms with Crippen molar-refractivity contribution in [3.8, 4) is 23.7 Å². The zero-order chi connectivity index (χ0) is 15.9. The molecule has 0 unspecified atom stereocenters. The first-order chi connectivity index (χ1) is 10.6. The Balaban J connectivity index is 2.27. The standard InChI is InChI=1S/C21H21N/c1-17-9-5-7-11-19(17)13-15-21(22(3)4)16-14-20-12-8-6-10-18(20)2/h5-12,21H,1-4H3. The summed E-state index contributed by atoms with van der Waals surface area (Å²) in [5.74, 6) is 13.0. The Morgan fingerprint density at radius 3 is 1.50 bits per heavy atom. The maximum atomic E-state index is 3.27. The largest absolute Gasteiger partial charge is 0.286 e. The van der Waals surface area contributed by atoms with Crippen LogP contribution in [0.1, 0.15) is 22.3 Å². The molecule has 0 atom stereocenters. The first-order valence-corrected chi connectivity index (χ1v) is 7.38. The second-order valence-electron chi connectivity index (χ2n) is 5.53. The zero-order valence-electron chi connectivity index (χ0n) is 13.6. The first-order valence-electron chi connectivity index (χ1n) is 7.38. The summed E-state index contributed by atoms with van der Waals surface area (Å²) in [5.41, 5.74) is 4.51. The molecule has 0 aliphatic carbocycles. The fourth-order valence-corrected chi connectivity index (χ4v) is 2.01. The SMILES string of the molecule is Cc1ccccc1C#CC(C#Cc1ccccc1C)N(C)C.